The molecule has 3 nitrogen and oxygen atoms in total. The zero-order valence-corrected chi connectivity index (χ0v) is 28.2. The largest absolute Gasteiger partial charge is 0.456 e. The minimum Gasteiger partial charge on any atom is -0.456 e. The highest BCUT2D eigenvalue weighted by Crippen LogP contribution is 2.48. The summed E-state index contributed by atoms with van der Waals surface area (Å²) in [7, 11) is 0. The van der Waals surface area contributed by atoms with Gasteiger partial charge in [0, 0.05) is 60.7 Å². The molecule has 48 heavy (non-hydrogen) atoms. The Morgan fingerprint density at radius 1 is 0.562 bits per heavy atom. The molecule has 0 spiro atoms. The number of fused-ring (bicyclic) bond motifs is 14. The average Bonchev–Trinajstić information content (AvgIpc) is 3.72. The molecule has 0 saturated carbocycles. The van der Waals surface area contributed by atoms with Crippen molar-refractivity contribution in [1.82, 2.24) is 9.05 Å². The average molecular weight is 619 g/mol. The van der Waals surface area contributed by atoms with E-state index >= 15 is 0 Å². The summed E-state index contributed by atoms with van der Waals surface area (Å²) >= 11 is 0. The fraction of sp³-hybridized carbons (Fsp3) is 0.182. The molecule has 4 heteroatoms. The second kappa shape index (κ2) is 8.43. The molecule has 230 valence electrons. The lowest BCUT2D eigenvalue weighted by molar-refractivity contribution is 0.590. The molecule has 9 aromatic rings. The van der Waals surface area contributed by atoms with Gasteiger partial charge in [-0.2, -0.15) is 0 Å². The van der Waals surface area contributed by atoms with E-state index in [0.29, 0.717) is 0 Å². The highest BCUT2D eigenvalue weighted by molar-refractivity contribution is 6.90. The highest BCUT2D eigenvalue weighted by atomic mass is 16.3. The fourth-order valence-corrected chi connectivity index (χ4v) is 9.11. The van der Waals surface area contributed by atoms with Crippen molar-refractivity contribution in [3.8, 4) is 16.8 Å². The van der Waals surface area contributed by atoms with Crippen molar-refractivity contribution in [2.75, 3.05) is 0 Å². The first-order valence-corrected chi connectivity index (χ1v) is 17.2. The molecule has 5 heterocycles. The van der Waals surface area contributed by atoms with Gasteiger partial charge < -0.3 is 13.5 Å². The van der Waals surface area contributed by atoms with Gasteiger partial charge >= 0.3 is 6.85 Å². The maximum atomic E-state index is 6.74. The van der Waals surface area contributed by atoms with Crippen LogP contribution < -0.4 is 10.9 Å². The van der Waals surface area contributed by atoms with Crippen molar-refractivity contribution >= 4 is 83.3 Å². The summed E-state index contributed by atoms with van der Waals surface area (Å²) in [4.78, 5) is 0. The van der Waals surface area contributed by atoms with Crippen molar-refractivity contribution in [1.29, 1.82) is 0 Å². The molecule has 11 rings (SSSR count). The second-order valence-corrected chi connectivity index (χ2v) is 16.2. The van der Waals surface area contributed by atoms with Crippen LogP contribution in [0.25, 0.3) is 82.4 Å². The maximum Gasteiger partial charge on any atom is 0.333 e. The fourth-order valence-electron chi connectivity index (χ4n) is 9.11. The molecule has 0 atom stereocenters. The zero-order chi connectivity index (χ0) is 32.4. The number of hydrogen-bond acceptors (Lipinski definition) is 1. The third-order valence-corrected chi connectivity index (χ3v) is 11.4. The van der Waals surface area contributed by atoms with E-state index in [1.54, 1.807) is 0 Å². The third kappa shape index (κ3) is 3.12. The normalized spacial score (nSPS) is 14.0. The van der Waals surface area contributed by atoms with Gasteiger partial charge in [-0.15, -0.1) is 0 Å². The Morgan fingerprint density at radius 2 is 1.29 bits per heavy atom. The van der Waals surface area contributed by atoms with Crippen LogP contribution in [0, 0.1) is 0 Å². The molecule has 0 fully saturated rings. The van der Waals surface area contributed by atoms with E-state index < -0.39 is 0 Å². The van der Waals surface area contributed by atoms with Crippen LogP contribution in [0.2, 0.25) is 0 Å². The molecule has 0 bridgehead atoms. The van der Waals surface area contributed by atoms with Crippen molar-refractivity contribution in [2.24, 2.45) is 0 Å². The van der Waals surface area contributed by atoms with Gasteiger partial charge in [-0.05, 0) is 68.8 Å². The van der Waals surface area contributed by atoms with Crippen LogP contribution in [-0.2, 0) is 10.8 Å². The number of aromatic nitrogens is 2. The number of furan rings is 1. The quantitative estimate of drug-likeness (QED) is 0.155. The molecule has 0 aliphatic carbocycles. The SMILES string of the molecule is CC(C)(C)c1ccc2c(c1)c1cc(C(C)(C)C)cc3c1n2-c1cc2oc4ccccc4c2c2c1B3n1c3ccccc3c3cccc-2c31. The molecule has 2 aliphatic rings. The van der Waals surface area contributed by atoms with E-state index in [2.05, 4.69) is 154 Å². The Kier molecular flexibility index (Phi) is 4.71. The number of benzene rings is 6. The van der Waals surface area contributed by atoms with Crippen molar-refractivity contribution in [3.63, 3.8) is 0 Å². The first-order valence-electron chi connectivity index (χ1n) is 17.2. The van der Waals surface area contributed by atoms with Gasteiger partial charge in [-0.3, -0.25) is 0 Å². The van der Waals surface area contributed by atoms with Crippen molar-refractivity contribution < 1.29 is 4.42 Å². The van der Waals surface area contributed by atoms with Crippen LogP contribution in [0.3, 0.4) is 0 Å². The third-order valence-electron chi connectivity index (χ3n) is 11.4. The van der Waals surface area contributed by atoms with Gasteiger partial charge in [0.2, 0.25) is 0 Å². The van der Waals surface area contributed by atoms with Gasteiger partial charge in [0.15, 0.2) is 0 Å². The number of nitrogens with zero attached hydrogens (tertiary/aromatic N) is 2. The highest BCUT2D eigenvalue weighted by Gasteiger charge is 2.43. The Labute approximate surface area is 279 Å². The van der Waals surface area contributed by atoms with E-state index in [1.807, 2.05) is 0 Å². The lowest BCUT2D eigenvalue weighted by Crippen LogP contribution is -2.55. The van der Waals surface area contributed by atoms with Crippen LogP contribution in [-0.4, -0.2) is 15.9 Å². The van der Waals surface area contributed by atoms with Crippen LogP contribution in [0.15, 0.2) is 108 Å². The van der Waals surface area contributed by atoms with Crippen LogP contribution in [0.4, 0.5) is 0 Å². The summed E-state index contributed by atoms with van der Waals surface area (Å²) in [6, 6.07) is 39.0. The van der Waals surface area contributed by atoms with E-state index in [4.69, 9.17) is 4.42 Å². The van der Waals surface area contributed by atoms with Gasteiger partial charge in [0.05, 0.1) is 11.0 Å². The second-order valence-electron chi connectivity index (χ2n) is 16.2. The van der Waals surface area contributed by atoms with Gasteiger partial charge in [0.1, 0.15) is 11.2 Å². The maximum absolute atomic E-state index is 6.74. The number of hydrogen-bond donors (Lipinski definition) is 0. The summed E-state index contributed by atoms with van der Waals surface area (Å²) in [5.41, 5.74) is 16.4. The Morgan fingerprint density at radius 3 is 2.10 bits per heavy atom. The minimum absolute atomic E-state index is 0.00839. The molecule has 0 N–H and O–H groups in total. The first kappa shape index (κ1) is 26.8. The van der Waals surface area contributed by atoms with E-state index in [1.165, 1.54) is 93.3 Å². The summed E-state index contributed by atoms with van der Waals surface area (Å²) < 4.78 is 12.0. The number of para-hydroxylation sites is 3. The molecule has 0 radical (unpaired) electrons. The molecule has 6 aromatic carbocycles. The molecule has 0 saturated heterocycles. The minimum atomic E-state index is -0.0186. The lowest BCUT2D eigenvalue weighted by atomic mass is 9.45. The number of rotatable bonds is 0. The van der Waals surface area contributed by atoms with Crippen LogP contribution in [0.5, 0.6) is 0 Å². The van der Waals surface area contributed by atoms with Crippen molar-refractivity contribution in [3.05, 3.63) is 114 Å². The van der Waals surface area contributed by atoms with Gasteiger partial charge in [-0.1, -0.05) is 108 Å². The predicted octanol–water partition coefficient (Wildman–Crippen LogP) is 10.3. The Hall–Kier alpha value is -5.22. The Balaban J connectivity index is 1.44. The van der Waals surface area contributed by atoms with Crippen LogP contribution in [0.1, 0.15) is 52.7 Å². The summed E-state index contributed by atoms with van der Waals surface area (Å²) in [6.45, 7) is 14.0. The molecule has 2 aliphatic heterocycles. The smallest absolute Gasteiger partial charge is 0.333 e. The molecular weight excluding hydrogens is 583 g/mol. The first-order chi connectivity index (χ1) is 23.1. The molecular formula is C44H35BN2O. The summed E-state index contributed by atoms with van der Waals surface area (Å²) in [6.07, 6.45) is 0. The van der Waals surface area contributed by atoms with E-state index in [-0.39, 0.29) is 17.7 Å². The molecule has 0 amide bonds. The van der Waals surface area contributed by atoms with Gasteiger partial charge in [-0.25, -0.2) is 0 Å². The molecule has 0 unspecified atom stereocenters. The summed E-state index contributed by atoms with van der Waals surface area (Å²) in [5, 5.41) is 7.67. The lowest BCUT2D eigenvalue weighted by Gasteiger charge is -2.35. The topological polar surface area (TPSA) is 23.0 Å². The van der Waals surface area contributed by atoms with Gasteiger partial charge in [0.25, 0.3) is 0 Å². The van der Waals surface area contributed by atoms with E-state index in [9.17, 15) is 0 Å². The monoisotopic (exact) mass is 618 g/mol. The summed E-state index contributed by atoms with van der Waals surface area (Å²) in [5.74, 6) is 0. The van der Waals surface area contributed by atoms with Crippen molar-refractivity contribution in [2.45, 2.75) is 52.4 Å². The predicted molar refractivity (Wildman–Crippen MR) is 204 cm³/mol. The van der Waals surface area contributed by atoms with Crippen LogP contribution >= 0.6 is 0 Å². The zero-order valence-electron chi connectivity index (χ0n) is 28.2. The standard InChI is InChI=1S/C44H35BN2O/c1-43(2,3)24-18-19-33-30(20-24)31-21-25(44(4,5)6)22-32-42(31)46(33)35-23-37-38(28-13-8-10-17-36(28)48-37)39-29-15-11-14-27-26-12-7-9-16-34(26)47(41(27)29)45(32)40(35)39/h7-23H,1-6H3. The Bertz CT molecular complexity index is 2920. The van der Waals surface area contributed by atoms with E-state index in [0.717, 1.165) is 11.2 Å². The molecule has 3 aromatic heterocycles.